The number of nitrogens with zero attached hydrogens (tertiary/aromatic N) is 1. The van der Waals surface area contributed by atoms with Crippen molar-refractivity contribution >= 4 is 37.4 Å². The Morgan fingerprint density at radius 2 is 2.31 bits per heavy atom. The zero-order valence-electron chi connectivity index (χ0n) is 6.97. The molecule has 64 valence electrons. The molecule has 0 saturated heterocycles. The van der Waals surface area contributed by atoms with Gasteiger partial charge in [0, 0.05) is 14.6 Å². The number of aryl methyl sites for hydroxylation is 1. The molecule has 0 bridgehead atoms. The fourth-order valence-electron chi connectivity index (χ4n) is 1.33. The lowest BCUT2D eigenvalue weighted by atomic mass is 10.1. The first-order valence-electron chi connectivity index (χ1n) is 3.80. The molecule has 3 heteroatoms. The second kappa shape index (κ2) is 3.13. The molecule has 0 spiro atoms. The normalized spacial score (nSPS) is 10.2. The molecule has 1 aromatic carbocycles. The van der Waals surface area contributed by atoms with Gasteiger partial charge in [0.05, 0.1) is 5.56 Å². The van der Waals surface area contributed by atoms with Crippen LogP contribution in [-0.4, -0.2) is 0 Å². The predicted molar refractivity (Wildman–Crippen MR) is 59.0 cm³/mol. The summed E-state index contributed by atoms with van der Waals surface area (Å²) >= 11 is 5.15. The predicted octanol–water partition coefficient (Wildman–Crippen LogP) is 3.84. The maximum absolute atomic E-state index is 8.92. The first kappa shape index (κ1) is 8.74. The van der Waals surface area contributed by atoms with Crippen LogP contribution in [-0.2, 0) is 0 Å². The van der Waals surface area contributed by atoms with Crippen molar-refractivity contribution < 1.29 is 0 Å². The first-order chi connectivity index (χ1) is 6.24. The Kier molecular flexibility index (Phi) is 2.10. The topological polar surface area (TPSA) is 23.8 Å². The van der Waals surface area contributed by atoms with E-state index in [1.54, 1.807) is 11.3 Å². The number of halogens is 1. The van der Waals surface area contributed by atoms with Gasteiger partial charge in [0.1, 0.15) is 6.07 Å². The van der Waals surface area contributed by atoms with Gasteiger partial charge in [-0.3, -0.25) is 0 Å². The highest BCUT2D eigenvalue weighted by molar-refractivity contribution is 9.10. The average Bonchev–Trinajstić information content (AvgIpc) is 2.53. The maximum Gasteiger partial charge on any atom is 0.101 e. The van der Waals surface area contributed by atoms with Gasteiger partial charge < -0.3 is 0 Å². The average molecular weight is 252 g/mol. The molecule has 0 radical (unpaired) electrons. The third kappa shape index (κ3) is 1.27. The van der Waals surface area contributed by atoms with Crippen molar-refractivity contribution in [3.8, 4) is 6.07 Å². The maximum atomic E-state index is 8.92. The van der Waals surface area contributed by atoms with Crippen LogP contribution in [0.2, 0.25) is 0 Å². The smallest absolute Gasteiger partial charge is 0.101 e. The Hall–Kier alpha value is -0.850. The fraction of sp³-hybridized carbons (Fsp3) is 0.100. The standard InChI is InChI=1S/C10H6BrNS/c1-6-4-9-7(2-3-13-9)10(11)8(6)5-12/h2-4H,1H3. The fourth-order valence-corrected chi connectivity index (χ4v) is 3.10. The molecule has 0 aliphatic rings. The minimum absolute atomic E-state index is 0.742. The van der Waals surface area contributed by atoms with E-state index in [9.17, 15) is 0 Å². The SMILES string of the molecule is Cc1cc2sccc2c(Br)c1C#N. The van der Waals surface area contributed by atoms with Crippen molar-refractivity contribution in [3.05, 3.63) is 33.1 Å². The van der Waals surface area contributed by atoms with E-state index in [-0.39, 0.29) is 0 Å². The first-order valence-corrected chi connectivity index (χ1v) is 5.47. The third-order valence-corrected chi connectivity index (χ3v) is 3.69. The molecular weight excluding hydrogens is 246 g/mol. The number of hydrogen-bond acceptors (Lipinski definition) is 2. The van der Waals surface area contributed by atoms with Crippen LogP contribution in [0.5, 0.6) is 0 Å². The number of benzene rings is 1. The lowest BCUT2D eigenvalue weighted by molar-refractivity contribution is 1.40. The number of hydrogen-bond donors (Lipinski definition) is 0. The van der Waals surface area contributed by atoms with Gasteiger partial charge in [-0.15, -0.1) is 11.3 Å². The minimum Gasteiger partial charge on any atom is -0.192 e. The summed E-state index contributed by atoms with van der Waals surface area (Å²) in [5.41, 5.74) is 1.77. The van der Waals surface area contributed by atoms with Crippen molar-refractivity contribution in [3.63, 3.8) is 0 Å². The summed E-state index contributed by atoms with van der Waals surface area (Å²) in [6, 6.07) is 6.29. The molecule has 2 aromatic rings. The number of thiophene rings is 1. The van der Waals surface area contributed by atoms with E-state index >= 15 is 0 Å². The van der Waals surface area contributed by atoms with Crippen LogP contribution >= 0.6 is 27.3 Å². The molecule has 0 saturated carbocycles. The lowest BCUT2D eigenvalue weighted by Gasteiger charge is -2.01. The van der Waals surface area contributed by atoms with E-state index < -0.39 is 0 Å². The van der Waals surface area contributed by atoms with Crippen LogP contribution in [0.15, 0.2) is 22.0 Å². The van der Waals surface area contributed by atoms with Crippen LogP contribution < -0.4 is 0 Å². The zero-order valence-corrected chi connectivity index (χ0v) is 9.37. The summed E-state index contributed by atoms with van der Waals surface area (Å²) in [5.74, 6) is 0. The summed E-state index contributed by atoms with van der Waals surface area (Å²) in [7, 11) is 0. The van der Waals surface area contributed by atoms with Crippen molar-refractivity contribution in [2.24, 2.45) is 0 Å². The van der Waals surface area contributed by atoms with E-state index in [2.05, 4.69) is 28.1 Å². The van der Waals surface area contributed by atoms with Gasteiger partial charge in [-0.25, -0.2) is 0 Å². The van der Waals surface area contributed by atoms with E-state index in [0.29, 0.717) is 0 Å². The monoisotopic (exact) mass is 251 g/mol. The summed E-state index contributed by atoms with van der Waals surface area (Å²) in [4.78, 5) is 0. The van der Waals surface area contributed by atoms with Gasteiger partial charge in [0.15, 0.2) is 0 Å². The molecular formula is C10H6BrNS. The highest BCUT2D eigenvalue weighted by Gasteiger charge is 2.08. The van der Waals surface area contributed by atoms with Gasteiger partial charge >= 0.3 is 0 Å². The van der Waals surface area contributed by atoms with Crippen molar-refractivity contribution in [2.45, 2.75) is 6.92 Å². The Morgan fingerprint density at radius 3 is 3.00 bits per heavy atom. The molecule has 0 aliphatic carbocycles. The van der Waals surface area contributed by atoms with E-state index in [0.717, 1.165) is 21.0 Å². The van der Waals surface area contributed by atoms with E-state index in [1.807, 2.05) is 18.4 Å². The van der Waals surface area contributed by atoms with Gasteiger partial charge in [0.25, 0.3) is 0 Å². The molecule has 1 aromatic heterocycles. The van der Waals surface area contributed by atoms with Crippen LogP contribution in [0, 0.1) is 18.3 Å². The molecule has 1 nitrogen and oxygen atoms in total. The Morgan fingerprint density at radius 1 is 1.54 bits per heavy atom. The lowest BCUT2D eigenvalue weighted by Crippen LogP contribution is -1.83. The summed E-state index contributed by atoms with van der Waals surface area (Å²) < 4.78 is 2.15. The van der Waals surface area contributed by atoms with Gasteiger partial charge in [-0.05, 0) is 45.9 Å². The molecule has 1 heterocycles. The molecule has 0 atom stereocenters. The molecule has 0 amide bonds. The number of nitriles is 1. The Bertz CT molecular complexity index is 507. The van der Waals surface area contributed by atoms with E-state index in [1.165, 1.54) is 4.70 Å². The van der Waals surface area contributed by atoms with Gasteiger partial charge in [0.2, 0.25) is 0 Å². The highest BCUT2D eigenvalue weighted by atomic mass is 79.9. The number of fused-ring (bicyclic) bond motifs is 1. The third-order valence-electron chi connectivity index (χ3n) is 2.00. The van der Waals surface area contributed by atoms with Crippen LogP contribution in [0.25, 0.3) is 10.1 Å². The molecule has 2 rings (SSSR count). The second-order valence-corrected chi connectivity index (χ2v) is 4.57. The highest BCUT2D eigenvalue weighted by Crippen LogP contribution is 2.32. The van der Waals surface area contributed by atoms with Crippen LogP contribution in [0.4, 0.5) is 0 Å². The minimum atomic E-state index is 0.742. The van der Waals surface area contributed by atoms with Gasteiger partial charge in [-0.2, -0.15) is 5.26 Å². The summed E-state index contributed by atoms with van der Waals surface area (Å²) in [5, 5.41) is 12.1. The van der Waals surface area contributed by atoms with Crippen molar-refractivity contribution in [2.75, 3.05) is 0 Å². The quantitative estimate of drug-likeness (QED) is 0.698. The second-order valence-electron chi connectivity index (χ2n) is 2.83. The van der Waals surface area contributed by atoms with Crippen LogP contribution in [0.3, 0.4) is 0 Å². The zero-order chi connectivity index (χ0) is 9.42. The largest absolute Gasteiger partial charge is 0.192 e. The molecule has 0 fully saturated rings. The van der Waals surface area contributed by atoms with E-state index in [4.69, 9.17) is 5.26 Å². The van der Waals surface area contributed by atoms with Crippen LogP contribution in [0.1, 0.15) is 11.1 Å². The molecule has 13 heavy (non-hydrogen) atoms. The summed E-state index contributed by atoms with van der Waals surface area (Å²) in [6.07, 6.45) is 0. The van der Waals surface area contributed by atoms with Gasteiger partial charge in [-0.1, -0.05) is 0 Å². The van der Waals surface area contributed by atoms with Crippen molar-refractivity contribution in [1.82, 2.24) is 0 Å². The number of rotatable bonds is 0. The molecule has 0 N–H and O–H groups in total. The molecule has 0 aliphatic heterocycles. The Labute approximate surface area is 88.7 Å². The molecule has 0 unspecified atom stereocenters. The van der Waals surface area contributed by atoms with Crippen molar-refractivity contribution in [1.29, 1.82) is 5.26 Å². The summed E-state index contributed by atoms with van der Waals surface area (Å²) in [6.45, 7) is 1.96. The Balaban J connectivity index is 2.95.